The smallest absolute Gasteiger partial charge is 0.259 e. The Balaban J connectivity index is 1.85. The number of para-hydroxylation sites is 1. The number of amides is 1. The lowest BCUT2D eigenvalue weighted by molar-refractivity contribution is 0.0849. The Kier molecular flexibility index (Phi) is 4.98. The molecule has 0 saturated carbocycles. The highest BCUT2D eigenvalue weighted by atomic mass is 32.2. The highest BCUT2D eigenvalue weighted by molar-refractivity contribution is 8.13. The summed E-state index contributed by atoms with van der Waals surface area (Å²) < 4.78 is 5.14. The Morgan fingerprint density at radius 1 is 1.13 bits per heavy atom. The number of ether oxygens (including phenoxy) is 1. The number of methoxy groups -OCH3 is 1. The van der Waals surface area contributed by atoms with Crippen molar-refractivity contribution in [3.8, 4) is 5.75 Å². The van der Waals surface area contributed by atoms with Crippen molar-refractivity contribution in [2.75, 3.05) is 19.4 Å². The molecule has 1 aliphatic rings. The molecule has 0 atom stereocenters. The van der Waals surface area contributed by atoms with Gasteiger partial charge < -0.3 is 4.74 Å². The van der Waals surface area contributed by atoms with E-state index in [0.717, 1.165) is 28.8 Å². The predicted octanol–water partition coefficient (Wildman–Crippen LogP) is 3.96. The van der Waals surface area contributed by atoms with Crippen molar-refractivity contribution in [3.05, 3.63) is 60.2 Å². The van der Waals surface area contributed by atoms with Gasteiger partial charge in [-0.2, -0.15) is 0 Å². The number of hydrogen-bond donors (Lipinski definition) is 0. The fourth-order valence-corrected chi connectivity index (χ4v) is 3.30. The molecule has 0 aliphatic carbocycles. The van der Waals surface area contributed by atoms with Gasteiger partial charge in [-0.15, -0.1) is 0 Å². The molecule has 118 valence electrons. The van der Waals surface area contributed by atoms with Crippen molar-refractivity contribution in [2.45, 2.75) is 6.42 Å². The Morgan fingerprint density at radius 3 is 2.57 bits per heavy atom. The molecule has 0 spiro atoms. The van der Waals surface area contributed by atoms with Crippen molar-refractivity contribution in [1.29, 1.82) is 0 Å². The van der Waals surface area contributed by atoms with Gasteiger partial charge in [-0.3, -0.25) is 9.69 Å². The lowest BCUT2D eigenvalue weighted by Gasteiger charge is -2.27. The Labute approximate surface area is 140 Å². The molecule has 0 unspecified atom stereocenters. The monoisotopic (exact) mass is 326 g/mol. The third-order valence-corrected chi connectivity index (χ3v) is 4.61. The molecule has 3 rings (SSSR count). The van der Waals surface area contributed by atoms with Crippen LogP contribution in [-0.4, -0.2) is 35.4 Å². The molecule has 1 amide bonds. The van der Waals surface area contributed by atoms with Crippen molar-refractivity contribution in [1.82, 2.24) is 4.90 Å². The fourth-order valence-electron chi connectivity index (χ4n) is 2.34. The molecule has 2 aromatic carbocycles. The molecule has 0 radical (unpaired) electrons. The molecule has 0 aromatic heterocycles. The maximum absolute atomic E-state index is 12.8. The van der Waals surface area contributed by atoms with Gasteiger partial charge in [-0.25, -0.2) is 4.99 Å². The Hall–Kier alpha value is -2.27. The number of rotatable bonds is 3. The number of carbonyl (C=O) groups is 1. The molecule has 1 heterocycles. The van der Waals surface area contributed by atoms with Crippen LogP contribution in [0.4, 0.5) is 5.69 Å². The number of nitrogens with zero attached hydrogens (tertiary/aromatic N) is 2. The van der Waals surface area contributed by atoms with Crippen LogP contribution < -0.4 is 4.74 Å². The number of amidine groups is 1. The molecule has 23 heavy (non-hydrogen) atoms. The topological polar surface area (TPSA) is 41.9 Å². The molecule has 4 nitrogen and oxygen atoms in total. The second kappa shape index (κ2) is 7.33. The maximum atomic E-state index is 12.8. The average molecular weight is 326 g/mol. The molecular formula is C18H18N2O2S. The van der Waals surface area contributed by atoms with E-state index < -0.39 is 0 Å². The summed E-state index contributed by atoms with van der Waals surface area (Å²) in [5.74, 6) is 1.71. The molecular weight excluding hydrogens is 308 g/mol. The summed E-state index contributed by atoms with van der Waals surface area (Å²) in [7, 11) is 1.61. The maximum Gasteiger partial charge on any atom is 0.259 e. The molecule has 0 N–H and O–H groups in total. The first kappa shape index (κ1) is 15.6. The van der Waals surface area contributed by atoms with E-state index in [9.17, 15) is 4.79 Å². The van der Waals surface area contributed by atoms with Crippen molar-refractivity contribution < 1.29 is 9.53 Å². The van der Waals surface area contributed by atoms with E-state index in [1.54, 1.807) is 48.0 Å². The highest BCUT2D eigenvalue weighted by Gasteiger charge is 2.24. The van der Waals surface area contributed by atoms with E-state index >= 15 is 0 Å². The SMILES string of the molecule is COc1ccc(C(=O)N2CCCSC2=Nc2ccccc2)cc1. The predicted molar refractivity (Wildman–Crippen MR) is 94.6 cm³/mol. The summed E-state index contributed by atoms with van der Waals surface area (Å²) in [5, 5.41) is 0.767. The fraction of sp³-hybridized carbons (Fsp3) is 0.222. The van der Waals surface area contributed by atoms with Gasteiger partial charge >= 0.3 is 0 Å². The largest absolute Gasteiger partial charge is 0.497 e. The minimum absolute atomic E-state index is 0.0189. The lowest BCUT2D eigenvalue weighted by Crippen LogP contribution is -2.39. The Bertz CT molecular complexity index is 699. The van der Waals surface area contributed by atoms with Crippen molar-refractivity contribution in [3.63, 3.8) is 0 Å². The number of aliphatic imine (C=N–C) groups is 1. The quantitative estimate of drug-likeness (QED) is 0.857. The van der Waals surface area contributed by atoms with Crippen LogP contribution in [0, 0.1) is 0 Å². The van der Waals surface area contributed by atoms with Gasteiger partial charge in [0.1, 0.15) is 5.75 Å². The van der Waals surface area contributed by atoms with Crippen LogP contribution in [0.25, 0.3) is 0 Å². The van der Waals surface area contributed by atoms with Gasteiger partial charge in [0.15, 0.2) is 5.17 Å². The summed E-state index contributed by atoms with van der Waals surface area (Å²) in [5.41, 5.74) is 1.51. The molecule has 1 fully saturated rings. The lowest BCUT2D eigenvalue weighted by atomic mass is 10.2. The first-order valence-electron chi connectivity index (χ1n) is 7.50. The summed E-state index contributed by atoms with van der Waals surface area (Å²) in [6.07, 6.45) is 0.973. The zero-order chi connectivity index (χ0) is 16.1. The van der Waals surface area contributed by atoms with Crippen LogP contribution in [-0.2, 0) is 0 Å². The third kappa shape index (κ3) is 3.74. The zero-order valence-corrected chi connectivity index (χ0v) is 13.8. The van der Waals surface area contributed by atoms with E-state index in [-0.39, 0.29) is 5.91 Å². The van der Waals surface area contributed by atoms with Gasteiger partial charge in [0.25, 0.3) is 5.91 Å². The summed E-state index contributed by atoms with van der Waals surface area (Å²) in [4.78, 5) is 19.2. The summed E-state index contributed by atoms with van der Waals surface area (Å²) in [6, 6.07) is 16.9. The molecule has 2 aromatic rings. The number of hydrogen-bond acceptors (Lipinski definition) is 4. The number of benzene rings is 2. The summed E-state index contributed by atoms with van der Waals surface area (Å²) in [6.45, 7) is 0.698. The van der Waals surface area contributed by atoms with Crippen LogP contribution in [0.5, 0.6) is 5.75 Å². The minimum atomic E-state index is -0.0189. The normalized spacial score (nSPS) is 16.4. The van der Waals surface area contributed by atoms with E-state index in [0.29, 0.717) is 12.1 Å². The van der Waals surface area contributed by atoms with Crippen molar-refractivity contribution >= 4 is 28.5 Å². The first-order chi connectivity index (χ1) is 11.3. The first-order valence-corrected chi connectivity index (χ1v) is 8.49. The third-order valence-electron chi connectivity index (χ3n) is 3.55. The van der Waals surface area contributed by atoms with E-state index in [1.807, 2.05) is 30.3 Å². The van der Waals surface area contributed by atoms with Gasteiger partial charge in [0, 0.05) is 17.9 Å². The number of carbonyl (C=O) groups excluding carboxylic acids is 1. The minimum Gasteiger partial charge on any atom is -0.497 e. The van der Waals surface area contributed by atoms with Gasteiger partial charge in [0.2, 0.25) is 0 Å². The number of thioether (sulfide) groups is 1. The van der Waals surface area contributed by atoms with E-state index in [4.69, 9.17) is 4.74 Å². The van der Waals surface area contributed by atoms with Crippen LogP contribution in [0.3, 0.4) is 0 Å². The second-order valence-corrected chi connectivity index (χ2v) is 6.18. The summed E-state index contributed by atoms with van der Waals surface area (Å²) >= 11 is 1.63. The van der Waals surface area contributed by atoms with E-state index in [2.05, 4.69) is 4.99 Å². The Morgan fingerprint density at radius 2 is 1.87 bits per heavy atom. The van der Waals surface area contributed by atoms with Crippen LogP contribution in [0.15, 0.2) is 59.6 Å². The van der Waals surface area contributed by atoms with Crippen LogP contribution >= 0.6 is 11.8 Å². The van der Waals surface area contributed by atoms with Gasteiger partial charge in [-0.05, 0) is 42.8 Å². The molecule has 5 heteroatoms. The highest BCUT2D eigenvalue weighted by Crippen LogP contribution is 2.24. The standard InChI is InChI=1S/C18H18N2O2S/c1-22-16-10-8-14(9-11-16)17(21)20-12-5-13-23-18(20)19-15-6-3-2-4-7-15/h2-4,6-11H,5,12-13H2,1H3. The van der Waals surface area contributed by atoms with Crippen molar-refractivity contribution in [2.24, 2.45) is 4.99 Å². The van der Waals surface area contributed by atoms with Gasteiger partial charge in [-0.1, -0.05) is 30.0 Å². The second-order valence-electron chi connectivity index (χ2n) is 5.12. The van der Waals surface area contributed by atoms with Crippen LogP contribution in [0.2, 0.25) is 0 Å². The average Bonchev–Trinajstić information content (AvgIpc) is 2.62. The van der Waals surface area contributed by atoms with E-state index in [1.165, 1.54) is 0 Å². The van der Waals surface area contributed by atoms with Crippen LogP contribution in [0.1, 0.15) is 16.8 Å². The molecule has 1 saturated heterocycles. The zero-order valence-electron chi connectivity index (χ0n) is 12.9. The molecule has 1 aliphatic heterocycles. The molecule has 0 bridgehead atoms. The van der Waals surface area contributed by atoms with Gasteiger partial charge in [0.05, 0.1) is 12.8 Å².